The maximum Gasteiger partial charge on any atom is 0.150 e. The molecule has 0 saturated heterocycles. The average molecular weight is 200 g/mol. The standard InChI is InChI=1S/C12H12N2O/c1-14(2)12-11-7-9(8-15)3-4-10(11)5-6-13-12/h3-8H,1-2H3. The number of aromatic nitrogens is 1. The van der Waals surface area contributed by atoms with Crippen LogP contribution < -0.4 is 4.90 Å². The van der Waals surface area contributed by atoms with Crippen LogP contribution >= 0.6 is 0 Å². The third-order valence-corrected chi connectivity index (χ3v) is 2.33. The third kappa shape index (κ3) is 1.68. The fourth-order valence-corrected chi connectivity index (χ4v) is 1.60. The van der Waals surface area contributed by atoms with Gasteiger partial charge >= 0.3 is 0 Å². The maximum atomic E-state index is 10.7. The highest BCUT2D eigenvalue weighted by molar-refractivity contribution is 5.95. The van der Waals surface area contributed by atoms with E-state index in [9.17, 15) is 4.79 Å². The first-order chi connectivity index (χ1) is 7.22. The van der Waals surface area contributed by atoms with Gasteiger partial charge in [0.05, 0.1) is 0 Å². The number of carbonyl (C=O) groups excluding carboxylic acids is 1. The first-order valence-electron chi connectivity index (χ1n) is 4.73. The normalized spacial score (nSPS) is 10.3. The lowest BCUT2D eigenvalue weighted by Gasteiger charge is -2.13. The highest BCUT2D eigenvalue weighted by Crippen LogP contribution is 2.23. The summed E-state index contributed by atoms with van der Waals surface area (Å²) in [4.78, 5) is 16.9. The lowest BCUT2D eigenvalue weighted by Crippen LogP contribution is -2.10. The molecule has 1 aromatic carbocycles. The van der Waals surface area contributed by atoms with Crippen LogP contribution in [0.25, 0.3) is 10.8 Å². The Labute approximate surface area is 88.3 Å². The zero-order chi connectivity index (χ0) is 10.8. The van der Waals surface area contributed by atoms with E-state index in [1.54, 1.807) is 6.20 Å². The fourth-order valence-electron chi connectivity index (χ4n) is 1.60. The van der Waals surface area contributed by atoms with E-state index >= 15 is 0 Å². The monoisotopic (exact) mass is 200 g/mol. The van der Waals surface area contributed by atoms with Crippen molar-refractivity contribution in [2.24, 2.45) is 0 Å². The number of aldehydes is 1. The molecule has 0 radical (unpaired) electrons. The van der Waals surface area contributed by atoms with Gasteiger partial charge in [-0.25, -0.2) is 4.98 Å². The molecule has 0 aliphatic carbocycles. The summed E-state index contributed by atoms with van der Waals surface area (Å²) in [6.45, 7) is 0. The minimum absolute atomic E-state index is 0.679. The molecule has 2 aromatic rings. The molecule has 2 rings (SSSR count). The molecule has 0 atom stereocenters. The molecular formula is C12H12N2O. The molecule has 0 aliphatic rings. The summed E-state index contributed by atoms with van der Waals surface area (Å²) in [6, 6.07) is 7.56. The molecule has 15 heavy (non-hydrogen) atoms. The van der Waals surface area contributed by atoms with Gasteiger partial charge in [0.2, 0.25) is 0 Å². The van der Waals surface area contributed by atoms with Crippen LogP contribution in [-0.4, -0.2) is 25.4 Å². The van der Waals surface area contributed by atoms with E-state index in [4.69, 9.17) is 0 Å². The van der Waals surface area contributed by atoms with Crippen LogP contribution in [0.15, 0.2) is 30.5 Å². The molecule has 0 fully saturated rings. The number of anilines is 1. The van der Waals surface area contributed by atoms with Crippen molar-refractivity contribution >= 4 is 22.9 Å². The molecule has 0 saturated carbocycles. The smallest absolute Gasteiger partial charge is 0.150 e. The number of benzene rings is 1. The van der Waals surface area contributed by atoms with Crippen molar-refractivity contribution in [2.75, 3.05) is 19.0 Å². The third-order valence-electron chi connectivity index (χ3n) is 2.33. The van der Waals surface area contributed by atoms with Crippen molar-refractivity contribution in [3.63, 3.8) is 0 Å². The lowest BCUT2D eigenvalue weighted by molar-refractivity contribution is 0.112. The Morgan fingerprint density at radius 3 is 2.73 bits per heavy atom. The number of hydrogen-bond acceptors (Lipinski definition) is 3. The van der Waals surface area contributed by atoms with Crippen molar-refractivity contribution in [1.29, 1.82) is 0 Å². The highest BCUT2D eigenvalue weighted by Gasteiger charge is 2.04. The Bertz CT molecular complexity index is 506. The second kappa shape index (κ2) is 3.69. The molecule has 0 aliphatic heterocycles. The highest BCUT2D eigenvalue weighted by atomic mass is 16.1. The van der Waals surface area contributed by atoms with Crippen molar-refractivity contribution < 1.29 is 4.79 Å². The number of carbonyl (C=O) groups is 1. The van der Waals surface area contributed by atoms with Crippen molar-refractivity contribution in [1.82, 2.24) is 4.98 Å². The summed E-state index contributed by atoms with van der Waals surface area (Å²) in [5.41, 5.74) is 0.679. The van der Waals surface area contributed by atoms with E-state index in [2.05, 4.69) is 4.98 Å². The Morgan fingerprint density at radius 2 is 2.07 bits per heavy atom. The van der Waals surface area contributed by atoms with Crippen LogP contribution in [0.5, 0.6) is 0 Å². The largest absolute Gasteiger partial charge is 0.362 e. The summed E-state index contributed by atoms with van der Waals surface area (Å²) in [7, 11) is 3.88. The Balaban J connectivity index is 2.75. The first-order valence-corrected chi connectivity index (χ1v) is 4.73. The molecule has 0 amide bonds. The second-order valence-electron chi connectivity index (χ2n) is 3.63. The summed E-state index contributed by atoms with van der Waals surface area (Å²) < 4.78 is 0. The summed E-state index contributed by atoms with van der Waals surface area (Å²) >= 11 is 0. The molecule has 0 N–H and O–H groups in total. The molecule has 1 heterocycles. The zero-order valence-corrected chi connectivity index (χ0v) is 8.77. The van der Waals surface area contributed by atoms with E-state index in [1.165, 1.54) is 0 Å². The van der Waals surface area contributed by atoms with Gasteiger partial charge in [-0.1, -0.05) is 12.1 Å². The quantitative estimate of drug-likeness (QED) is 0.696. The maximum absolute atomic E-state index is 10.7. The fraction of sp³-hybridized carbons (Fsp3) is 0.167. The minimum atomic E-state index is 0.679. The van der Waals surface area contributed by atoms with E-state index < -0.39 is 0 Å². The van der Waals surface area contributed by atoms with Gasteiger partial charge in [0.1, 0.15) is 12.1 Å². The van der Waals surface area contributed by atoms with Gasteiger partial charge in [-0.05, 0) is 17.5 Å². The SMILES string of the molecule is CN(C)c1nccc2ccc(C=O)cc12. The van der Waals surface area contributed by atoms with Gasteiger partial charge in [0.15, 0.2) is 0 Å². The van der Waals surface area contributed by atoms with Crippen LogP contribution in [0.2, 0.25) is 0 Å². The van der Waals surface area contributed by atoms with Gasteiger partial charge in [0, 0.05) is 31.2 Å². The van der Waals surface area contributed by atoms with E-state index in [-0.39, 0.29) is 0 Å². The minimum Gasteiger partial charge on any atom is -0.362 e. The number of fused-ring (bicyclic) bond motifs is 1. The van der Waals surface area contributed by atoms with Crippen LogP contribution in [0, 0.1) is 0 Å². The van der Waals surface area contributed by atoms with Crippen LogP contribution in [0.3, 0.4) is 0 Å². The van der Waals surface area contributed by atoms with Crippen molar-refractivity contribution in [3.8, 4) is 0 Å². The number of nitrogens with zero attached hydrogens (tertiary/aromatic N) is 2. The van der Waals surface area contributed by atoms with E-state index in [1.807, 2.05) is 43.3 Å². The zero-order valence-electron chi connectivity index (χ0n) is 8.77. The van der Waals surface area contributed by atoms with Gasteiger partial charge in [-0.2, -0.15) is 0 Å². The van der Waals surface area contributed by atoms with Crippen molar-refractivity contribution in [2.45, 2.75) is 0 Å². The topological polar surface area (TPSA) is 33.2 Å². The van der Waals surface area contributed by atoms with E-state index in [0.29, 0.717) is 5.56 Å². The van der Waals surface area contributed by atoms with Crippen molar-refractivity contribution in [3.05, 3.63) is 36.0 Å². The Morgan fingerprint density at radius 1 is 1.27 bits per heavy atom. The number of rotatable bonds is 2. The van der Waals surface area contributed by atoms with Crippen LogP contribution in [0.4, 0.5) is 5.82 Å². The van der Waals surface area contributed by atoms with Gasteiger partial charge in [-0.3, -0.25) is 4.79 Å². The lowest BCUT2D eigenvalue weighted by atomic mass is 10.1. The molecular weight excluding hydrogens is 188 g/mol. The van der Waals surface area contributed by atoms with Crippen LogP contribution in [-0.2, 0) is 0 Å². The molecule has 1 aromatic heterocycles. The molecule has 0 spiro atoms. The predicted molar refractivity (Wildman–Crippen MR) is 61.5 cm³/mol. The second-order valence-corrected chi connectivity index (χ2v) is 3.63. The Hall–Kier alpha value is -1.90. The molecule has 3 nitrogen and oxygen atoms in total. The predicted octanol–water partition coefficient (Wildman–Crippen LogP) is 2.11. The molecule has 76 valence electrons. The van der Waals surface area contributed by atoms with Gasteiger partial charge in [-0.15, -0.1) is 0 Å². The molecule has 3 heteroatoms. The summed E-state index contributed by atoms with van der Waals surface area (Å²) in [5.74, 6) is 0.885. The van der Waals surface area contributed by atoms with Crippen LogP contribution in [0.1, 0.15) is 10.4 Å². The summed E-state index contributed by atoms with van der Waals surface area (Å²) in [6.07, 6.45) is 2.63. The van der Waals surface area contributed by atoms with E-state index in [0.717, 1.165) is 22.9 Å². The Kier molecular flexibility index (Phi) is 2.37. The molecule has 0 bridgehead atoms. The number of hydrogen-bond donors (Lipinski definition) is 0. The van der Waals surface area contributed by atoms with Gasteiger partial charge < -0.3 is 4.90 Å². The first kappa shape index (κ1) is 9.65. The average Bonchev–Trinajstić information content (AvgIpc) is 2.27. The molecule has 0 unspecified atom stereocenters. The van der Waals surface area contributed by atoms with Gasteiger partial charge in [0.25, 0.3) is 0 Å². The summed E-state index contributed by atoms with van der Waals surface area (Å²) in [5, 5.41) is 2.10. The number of pyridine rings is 1.